The molecule has 1 aliphatic carbocycles. The summed E-state index contributed by atoms with van der Waals surface area (Å²) in [7, 11) is 1.55. The Balaban J connectivity index is 0.000000532. The van der Waals surface area contributed by atoms with Crippen LogP contribution in [0.25, 0.3) is 10.9 Å². The third-order valence-corrected chi connectivity index (χ3v) is 6.01. The summed E-state index contributed by atoms with van der Waals surface area (Å²) in [5.41, 5.74) is 0.151. The number of fused-ring (bicyclic) bond motifs is 1. The van der Waals surface area contributed by atoms with E-state index in [2.05, 4.69) is 15.6 Å². The molecule has 2 aromatic carbocycles. The number of nitrogens with zero attached hydrogens (tertiary/aromatic N) is 1. The van der Waals surface area contributed by atoms with Gasteiger partial charge in [0.1, 0.15) is 11.6 Å². The largest absolute Gasteiger partial charge is 0.497 e. The average Bonchev–Trinajstić information content (AvgIpc) is 2.88. The highest BCUT2D eigenvalue weighted by atomic mass is 19.4. The van der Waals surface area contributed by atoms with Crippen molar-refractivity contribution in [3.8, 4) is 5.75 Å². The van der Waals surface area contributed by atoms with Gasteiger partial charge in [0.15, 0.2) is 0 Å². The second kappa shape index (κ2) is 12.2. The van der Waals surface area contributed by atoms with Crippen LogP contribution in [0.2, 0.25) is 0 Å². The van der Waals surface area contributed by atoms with Gasteiger partial charge in [-0.2, -0.15) is 26.3 Å². The summed E-state index contributed by atoms with van der Waals surface area (Å²) in [5, 5.41) is 13.4. The van der Waals surface area contributed by atoms with E-state index in [1.807, 2.05) is 0 Å². The minimum Gasteiger partial charge on any atom is -0.497 e. The van der Waals surface area contributed by atoms with Gasteiger partial charge < -0.3 is 20.5 Å². The zero-order valence-corrected chi connectivity index (χ0v) is 20.6. The molecule has 3 N–H and O–H groups in total. The topological polar surface area (TPSA) is 101 Å². The molecule has 3 aromatic rings. The predicted molar refractivity (Wildman–Crippen MR) is 131 cm³/mol. The fourth-order valence-electron chi connectivity index (χ4n) is 4.11. The summed E-state index contributed by atoms with van der Waals surface area (Å²) in [4.78, 5) is 25.8. The first-order chi connectivity index (χ1) is 18.3. The molecule has 0 unspecified atom stereocenters. The number of nitrogens with one attached hydrogen (secondary N) is 2. The quantitative estimate of drug-likeness (QED) is 0.331. The number of carbonyl (C=O) groups excluding carboxylic acids is 1. The van der Waals surface area contributed by atoms with E-state index in [4.69, 9.17) is 14.6 Å². The van der Waals surface area contributed by atoms with Crippen LogP contribution in [0.3, 0.4) is 0 Å². The number of carboxylic acids is 1. The van der Waals surface area contributed by atoms with Gasteiger partial charge in [-0.15, -0.1) is 0 Å². The lowest BCUT2D eigenvalue weighted by atomic mass is 9.91. The molecule has 1 heterocycles. The Bertz CT molecular complexity index is 1300. The molecule has 4 rings (SSSR count). The van der Waals surface area contributed by atoms with Crippen LogP contribution in [0.5, 0.6) is 5.75 Å². The van der Waals surface area contributed by atoms with Crippen molar-refractivity contribution in [1.82, 2.24) is 10.3 Å². The van der Waals surface area contributed by atoms with Gasteiger partial charge in [0, 0.05) is 23.0 Å². The van der Waals surface area contributed by atoms with Crippen LogP contribution in [-0.2, 0) is 11.0 Å². The number of hydrogen-bond donors (Lipinski definition) is 3. The molecule has 1 amide bonds. The number of para-hydroxylation sites is 1. The Morgan fingerprint density at radius 3 is 2.13 bits per heavy atom. The molecule has 39 heavy (non-hydrogen) atoms. The van der Waals surface area contributed by atoms with Gasteiger partial charge >= 0.3 is 18.3 Å². The van der Waals surface area contributed by atoms with E-state index in [0.29, 0.717) is 16.8 Å². The van der Waals surface area contributed by atoms with Crippen molar-refractivity contribution in [3.63, 3.8) is 0 Å². The normalized spacial score (nSPS) is 17.5. The highest BCUT2D eigenvalue weighted by Crippen LogP contribution is 2.36. The number of carbonyl (C=O) groups is 2. The minimum atomic E-state index is -5.08. The number of hydrogen-bond acceptors (Lipinski definition) is 5. The molecule has 1 aliphatic rings. The lowest BCUT2D eigenvalue weighted by Gasteiger charge is -2.30. The molecule has 1 saturated carbocycles. The summed E-state index contributed by atoms with van der Waals surface area (Å²) >= 11 is 0. The number of anilines is 1. The average molecular weight is 557 g/mol. The minimum absolute atomic E-state index is 0.00489. The van der Waals surface area contributed by atoms with Crippen molar-refractivity contribution < 1.29 is 45.8 Å². The Morgan fingerprint density at radius 1 is 0.923 bits per heavy atom. The molecular weight excluding hydrogens is 532 g/mol. The third kappa shape index (κ3) is 8.23. The first kappa shape index (κ1) is 29.5. The second-order valence-electron chi connectivity index (χ2n) is 8.77. The van der Waals surface area contributed by atoms with E-state index in [1.54, 1.807) is 49.6 Å². The van der Waals surface area contributed by atoms with Gasteiger partial charge in [-0.05, 0) is 56.0 Å². The van der Waals surface area contributed by atoms with Gasteiger partial charge in [0.2, 0.25) is 0 Å². The number of methoxy groups -OCH3 is 1. The predicted octanol–water partition coefficient (Wildman–Crippen LogP) is 6.05. The molecule has 0 radical (unpaired) electrons. The SMILES string of the molecule is COc1cccc(C(=O)N[C@H]2CC[C@@H](Nc3cc(C(F)(F)F)c4ccccc4n3)CC2)c1.O=C(O)C(F)(F)F. The van der Waals surface area contributed by atoms with Crippen LogP contribution >= 0.6 is 0 Å². The zero-order valence-electron chi connectivity index (χ0n) is 20.6. The Labute approximate surface area is 219 Å². The van der Waals surface area contributed by atoms with Crippen LogP contribution < -0.4 is 15.4 Å². The maximum absolute atomic E-state index is 13.5. The number of carboxylic acid groups (broad SMARTS) is 1. The molecule has 210 valence electrons. The summed E-state index contributed by atoms with van der Waals surface area (Å²) in [6.45, 7) is 0. The van der Waals surface area contributed by atoms with E-state index >= 15 is 0 Å². The number of amides is 1. The highest BCUT2D eigenvalue weighted by molar-refractivity contribution is 5.94. The van der Waals surface area contributed by atoms with Crippen molar-refractivity contribution in [2.45, 2.75) is 50.1 Å². The highest BCUT2D eigenvalue weighted by Gasteiger charge is 2.38. The summed E-state index contributed by atoms with van der Waals surface area (Å²) in [6.07, 6.45) is -6.64. The van der Waals surface area contributed by atoms with Crippen LogP contribution in [0.1, 0.15) is 41.6 Å². The van der Waals surface area contributed by atoms with Crippen LogP contribution in [0, 0.1) is 0 Å². The molecule has 0 bridgehead atoms. The van der Waals surface area contributed by atoms with Gasteiger partial charge in [-0.3, -0.25) is 4.79 Å². The van der Waals surface area contributed by atoms with E-state index in [-0.39, 0.29) is 29.2 Å². The molecule has 13 heteroatoms. The molecule has 7 nitrogen and oxygen atoms in total. The molecule has 1 fully saturated rings. The smallest absolute Gasteiger partial charge is 0.490 e. The van der Waals surface area contributed by atoms with Crippen molar-refractivity contribution in [1.29, 1.82) is 0 Å². The summed E-state index contributed by atoms with van der Waals surface area (Å²) in [5.74, 6) is -2.08. The van der Waals surface area contributed by atoms with Gasteiger partial charge in [-0.1, -0.05) is 24.3 Å². The Morgan fingerprint density at radius 2 is 1.54 bits per heavy atom. The van der Waals surface area contributed by atoms with Crippen molar-refractivity contribution in [2.75, 3.05) is 12.4 Å². The monoisotopic (exact) mass is 557 g/mol. The number of rotatable bonds is 5. The maximum Gasteiger partial charge on any atom is 0.490 e. The standard InChI is InChI=1S/C24H24F3N3O2.C2HF3O2/c1-32-18-6-4-5-15(13-18)23(31)29-17-11-9-16(10-12-17)28-22-14-20(24(25,26)27)19-7-2-3-8-21(19)30-22;3-2(4,5)1(6)7/h2-8,13-14,16-17H,9-12H2,1H3,(H,28,30)(H,29,31);(H,6,7)/t16-,17+;. The number of benzene rings is 2. The number of ether oxygens (including phenoxy) is 1. The second-order valence-corrected chi connectivity index (χ2v) is 8.77. The van der Waals surface area contributed by atoms with Crippen molar-refractivity contribution >= 4 is 28.6 Å². The third-order valence-electron chi connectivity index (χ3n) is 6.01. The Kier molecular flexibility index (Phi) is 9.25. The van der Waals surface area contributed by atoms with Gasteiger partial charge in [0.25, 0.3) is 5.91 Å². The number of alkyl halides is 6. The van der Waals surface area contributed by atoms with E-state index < -0.39 is 23.9 Å². The maximum atomic E-state index is 13.5. The van der Waals surface area contributed by atoms with Crippen LogP contribution in [0.15, 0.2) is 54.6 Å². The Hall–Kier alpha value is -4.03. The van der Waals surface area contributed by atoms with Gasteiger partial charge in [0.05, 0.1) is 18.2 Å². The first-order valence-electron chi connectivity index (χ1n) is 11.8. The summed E-state index contributed by atoms with van der Waals surface area (Å²) in [6, 6.07) is 14.3. The van der Waals surface area contributed by atoms with Gasteiger partial charge in [-0.25, -0.2) is 9.78 Å². The van der Waals surface area contributed by atoms with E-state index in [9.17, 15) is 31.1 Å². The number of aliphatic carboxylic acids is 1. The van der Waals surface area contributed by atoms with Crippen molar-refractivity contribution in [2.24, 2.45) is 0 Å². The summed E-state index contributed by atoms with van der Waals surface area (Å²) < 4.78 is 77.5. The molecule has 0 aliphatic heterocycles. The number of aromatic nitrogens is 1. The fourth-order valence-corrected chi connectivity index (χ4v) is 4.11. The fraction of sp³-hybridized carbons (Fsp3) is 0.346. The number of halogens is 6. The molecule has 1 aromatic heterocycles. The van der Waals surface area contributed by atoms with E-state index in [1.165, 1.54) is 6.07 Å². The molecule has 0 spiro atoms. The lowest BCUT2D eigenvalue weighted by Crippen LogP contribution is -2.40. The first-order valence-corrected chi connectivity index (χ1v) is 11.8. The molecular formula is C26H25F6N3O4. The number of pyridine rings is 1. The van der Waals surface area contributed by atoms with E-state index in [0.717, 1.165) is 31.7 Å². The lowest BCUT2D eigenvalue weighted by molar-refractivity contribution is -0.192. The van der Waals surface area contributed by atoms with Crippen molar-refractivity contribution in [3.05, 3.63) is 65.7 Å². The van der Waals surface area contributed by atoms with Crippen LogP contribution in [0.4, 0.5) is 32.2 Å². The molecule has 0 saturated heterocycles. The molecule has 0 atom stereocenters. The van der Waals surface area contributed by atoms with Crippen LogP contribution in [-0.4, -0.2) is 47.3 Å². The zero-order chi connectivity index (χ0) is 28.8.